The summed E-state index contributed by atoms with van der Waals surface area (Å²) in [5.41, 5.74) is 1.72. The van der Waals surface area contributed by atoms with Crippen LogP contribution in [0.5, 0.6) is 11.5 Å². The van der Waals surface area contributed by atoms with E-state index in [1.54, 1.807) is 14.2 Å². The quantitative estimate of drug-likeness (QED) is 0.918. The SMILES string of the molecule is COc1ccc(C23CCCCCC2NCC3)cc1OC. The van der Waals surface area contributed by atoms with E-state index in [1.807, 2.05) is 0 Å². The van der Waals surface area contributed by atoms with Crippen LogP contribution in [0.2, 0.25) is 0 Å². The molecule has 1 saturated carbocycles. The first-order valence-corrected chi connectivity index (χ1v) is 7.76. The van der Waals surface area contributed by atoms with Crippen molar-refractivity contribution in [1.82, 2.24) is 5.32 Å². The Labute approximate surface area is 121 Å². The van der Waals surface area contributed by atoms with E-state index in [0.717, 1.165) is 18.0 Å². The summed E-state index contributed by atoms with van der Waals surface area (Å²) < 4.78 is 10.9. The summed E-state index contributed by atoms with van der Waals surface area (Å²) in [5.74, 6) is 1.68. The summed E-state index contributed by atoms with van der Waals surface area (Å²) in [5, 5.41) is 3.73. The van der Waals surface area contributed by atoms with Gasteiger partial charge in [0.15, 0.2) is 11.5 Å². The highest BCUT2D eigenvalue weighted by Gasteiger charge is 2.44. The average molecular weight is 275 g/mol. The molecule has 1 heterocycles. The van der Waals surface area contributed by atoms with Crippen molar-refractivity contribution in [1.29, 1.82) is 0 Å². The Morgan fingerprint density at radius 1 is 1.05 bits per heavy atom. The van der Waals surface area contributed by atoms with Gasteiger partial charge in [0.05, 0.1) is 14.2 Å². The number of hydrogen-bond donors (Lipinski definition) is 1. The molecule has 2 unspecified atom stereocenters. The second-order valence-electron chi connectivity index (χ2n) is 6.08. The van der Waals surface area contributed by atoms with E-state index >= 15 is 0 Å². The van der Waals surface area contributed by atoms with Gasteiger partial charge in [0.2, 0.25) is 0 Å². The van der Waals surface area contributed by atoms with Gasteiger partial charge < -0.3 is 14.8 Å². The molecule has 0 amide bonds. The Balaban J connectivity index is 2.00. The van der Waals surface area contributed by atoms with Crippen molar-refractivity contribution in [3.8, 4) is 11.5 Å². The Hall–Kier alpha value is -1.22. The van der Waals surface area contributed by atoms with Crippen LogP contribution in [-0.4, -0.2) is 26.8 Å². The molecule has 2 atom stereocenters. The molecule has 2 fully saturated rings. The molecule has 1 aromatic rings. The molecule has 1 N–H and O–H groups in total. The lowest BCUT2D eigenvalue weighted by Gasteiger charge is -2.34. The Bertz CT molecular complexity index is 474. The third kappa shape index (κ3) is 2.18. The third-order valence-electron chi connectivity index (χ3n) is 5.20. The molecule has 0 bridgehead atoms. The van der Waals surface area contributed by atoms with E-state index in [1.165, 1.54) is 44.1 Å². The maximum atomic E-state index is 5.50. The Morgan fingerprint density at radius 3 is 2.70 bits per heavy atom. The Morgan fingerprint density at radius 2 is 1.90 bits per heavy atom. The molecule has 0 spiro atoms. The first-order chi connectivity index (χ1) is 9.80. The van der Waals surface area contributed by atoms with Crippen LogP contribution in [0.15, 0.2) is 18.2 Å². The molecule has 1 aliphatic heterocycles. The normalized spacial score (nSPS) is 29.6. The van der Waals surface area contributed by atoms with Gasteiger partial charge in [-0.05, 0) is 43.5 Å². The van der Waals surface area contributed by atoms with Gasteiger partial charge in [0.1, 0.15) is 0 Å². The first kappa shape index (κ1) is 13.7. The van der Waals surface area contributed by atoms with E-state index in [2.05, 4.69) is 23.5 Å². The van der Waals surface area contributed by atoms with E-state index in [9.17, 15) is 0 Å². The predicted octanol–water partition coefficient (Wildman–Crippen LogP) is 3.27. The summed E-state index contributed by atoms with van der Waals surface area (Å²) in [4.78, 5) is 0. The third-order valence-corrected chi connectivity index (χ3v) is 5.20. The van der Waals surface area contributed by atoms with Crippen molar-refractivity contribution in [3.63, 3.8) is 0 Å². The van der Waals surface area contributed by atoms with Gasteiger partial charge in [0, 0.05) is 11.5 Å². The van der Waals surface area contributed by atoms with Crippen LogP contribution in [0.1, 0.15) is 44.1 Å². The van der Waals surface area contributed by atoms with Gasteiger partial charge in [-0.1, -0.05) is 25.3 Å². The number of benzene rings is 1. The average Bonchev–Trinajstić information content (AvgIpc) is 2.80. The van der Waals surface area contributed by atoms with Crippen molar-refractivity contribution in [2.45, 2.75) is 50.0 Å². The standard InChI is InChI=1S/C17H25NO2/c1-19-14-8-7-13(12-15(14)20-2)17-9-5-3-4-6-16(17)18-11-10-17/h7-8,12,16,18H,3-6,9-11H2,1-2H3. The van der Waals surface area contributed by atoms with E-state index in [-0.39, 0.29) is 0 Å². The molecule has 0 radical (unpaired) electrons. The lowest BCUT2D eigenvalue weighted by molar-refractivity contribution is 0.334. The monoisotopic (exact) mass is 275 g/mol. The largest absolute Gasteiger partial charge is 0.493 e. The number of methoxy groups -OCH3 is 2. The molecule has 2 aliphatic rings. The van der Waals surface area contributed by atoms with Crippen molar-refractivity contribution in [2.75, 3.05) is 20.8 Å². The first-order valence-electron chi connectivity index (χ1n) is 7.76. The van der Waals surface area contributed by atoms with Gasteiger partial charge >= 0.3 is 0 Å². The van der Waals surface area contributed by atoms with Crippen molar-refractivity contribution >= 4 is 0 Å². The van der Waals surface area contributed by atoms with Crippen molar-refractivity contribution in [3.05, 3.63) is 23.8 Å². The molecular formula is C17H25NO2. The fourth-order valence-corrected chi connectivity index (χ4v) is 4.12. The smallest absolute Gasteiger partial charge is 0.161 e. The second kappa shape index (κ2) is 5.65. The molecule has 3 rings (SSSR count). The molecule has 3 heteroatoms. The topological polar surface area (TPSA) is 30.5 Å². The van der Waals surface area contributed by atoms with Crippen LogP contribution < -0.4 is 14.8 Å². The van der Waals surface area contributed by atoms with E-state index < -0.39 is 0 Å². The highest BCUT2D eigenvalue weighted by atomic mass is 16.5. The van der Waals surface area contributed by atoms with Crippen LogP contribution in [0.3, 0.4) is 0 Å². The molecule has 0 aromatic heterocycles. The van der Waals surface area contributed by atoms with Crippen LogP contribution in [0.4, 0.5) is 0 Å². The zero-order valence-corrected chi connectivity index (χ0v) is 12.6. The minimum atomic E-state index is 0.302. The van der Waals surface area contributed by atoms with Gasteiger partial charge in [-0.2, -0.15) is 0 Å². The fraction of sp³-hybridized carbons (Fsp3) is 0.647. The molecular weight excluding hydrogens is 250 g/mol. The minimum absolute atomic E-state index is 0.302. The minimum Gasteiger partial charge on any atom is -0.493 e. The number of ether oxygens (including phenoxy) is 2. The zero-order chi connectivity index (χ0) is 14.0. The maximum absolute atomic E-state index is 5.50. The second-order valence-corrected chi connectivity index (χ2v) is 6.08. The lowest BCUT2D eigenvalue weighted by Crippen LogP contribution is -2.39. The molecule has 1 aromatic carbocycles. The van der Waals surface area contributed by atoms with Crippen LogP contribution >= 0.6 is 0 Å². The number of hydrogen-bond acceptors (Lipinski definition) is 3. The summed E-state index contributed by atoms with van der Waals surface area (Å²) in [6.07, 6.45) is 7.90. The zero-order valence-electron chi connectivity index (χ0n) is 12.6. The fourth-order valence-electron chi connectivity index (χ4n) is 4.12. The van der Waals surface area contributed by atoms with Crippen LogP contribution in [0, 0.1) is 0 Å². The van der Waals surface area contributed by atoms with E-state index in [4.69, 9.17) is 9.47 Å². The summed E-state index contributed by atoms with van der Waals surface area (Å²) >= 11 is 0. The van der Waals surface area contributed by atoms with Gasteiger partial charge in [0.25, 0.3) is 0 Å². The predicted molar refractivity (Wildman–Crippen MR) is 80.7 cm³/mol. The maximum Gasteiger partial charge on any atom is 0.161 e. The van der Waals surface area contributed by atoms with Gasteiger partial charge in [-0.15, -0.1) is 0 Å². The molecule has 1 aliphatic carbocycles. The van der Waals surface area contributed by atoms with Crippen molar-refractivity contribution in [2.24, 2.45) is 0 Å². The number of rotatable bonds is 3. The summed E-state index contributed by atoms with van der Waals surface area (Å²) in [6.45, 7) is 1.14. The molecule has 1 saturated heterocycles. The molecule has 20 heavy (non-hydrogen) atoms. The van der Waals surface area contributed by atoms with Gasteiger partial charge in [-0.25, -0.2) is 0 Å². The van der Waals surface area contributed by atoms with Crippen LogP contribution in [0.25, 0.3) is 0 Å². The Kier molecular flexibility index (Phi) is 3.88. The summed E-state index contributed by atoms with van der Waals surface area (Å²) in [6, 6.07) is 7.13. The molecule has 3 nitrogen and oxygen atoms in total. The van der Waals surface area contributed by atoms with E-state index in [0.29, 0.717) is 11.5 Å². The lowest BCUT2D eigenvalue weighted by atomic mass is 9.71. The number of fused-ring (bicyclic) bond motifs is 1. The summed E-state index contributed by atoms with van der Waals surface area (Å²) in [7, 11) is 3.41. The van der Waals surface area contributed by atoms with Gasteiger partial charge in [-0.3, -0.25) is 0 Å². The van der Waals surface area contributed by atoms with Crippen molar-refractivity contribution < 1.29 is 9.47 Å². The highest BCUT2D eigenvalue weighted by molar-refractivity contribution is 5.46. The number of nitrogens with one attached hydrogen (secondary N) is 1. The molecule has 110 valence electrons. The highest BCUT2D eigenvalue weighted by Crippen LogP contribution is 2.46. The van der Waals surface area contributed by atoms with Crippen LogP contribution in [-0.2, 0) is 5.41 Å².